The molecule has 3 aromatic rings. The van der Waals surface area contributed by atoms with Crippen LogP contribution in [0.5, 0.6) is 0 Å². The van der Waals surface area contributed by atoms with Crippen molar-refractivity contribution in [3.8, 4) is 22.8 Å². The van der Waals surface area contributed by atoms with Crippen LogP contribution in [0.3, 0.4) is 0 Å². The molecule has 0 aliphatic heterocycles. The van der Waals surface area contributed by atoms with Crippen molar-refractivity contribution in [3.05, 3.63) is 104 Å². The first kappa shape index (κ1) is 17.0. The maximum atomic E-state index is 4.51. The largest absolute Gasteiger partial charge is 0.279 e. The molecular weight excluding hydrogens is 330 g/mol. The van der Waals surface area contributed by atoms with Gasteiger partial charge in [0.1, 0.15) is 0 Å². The molecule has 1 aliphatic rings. The second kappa shape index (κ2) is 7.42. The molecule has 0 spiro atoms. The van der Waals surface area contributed by atoms with Crippen LogP contribution in [0.4, 0.5) is 0 Å². The van der Waals surface area contributed by atoms with Crippen LogP contribution in [0.25, 0.3) is 28.5 Å². The first-order chi connectivity index (χ1) is 13.3. The molecule has 0 radical (unpaired) electrons. The Morgan fingerprint density at radius 2 is 1.33 bits per heavy atom. The molecule has 1 aliphatic carbocycles. The Morgan fingerprint density at radius 1 is 0.815 bits per heavy atom. The molecule has 0 fully saturated rings. The summed E-state index contributed by atoms with van der Waals surface area (Å²) in [5, 5.41) is 9.03. The van der Waals surface area contributed by atoms with Crippen molar-refractivity contribution in [2.75, 3.05) is 0 Å². The van der Waals surface area contributed by atoms with E-state index in [2.05, 4.69) is 52.2 Å². The highest BCUT2D eigenvalue weighted by atomic mass is 15.3. The SMILES string of the molecule is C=CC1C=CC=CC1C(=C)n1c(-c2ccccc2)nnc1-c1ccccc1. The van der Waals surface area contributed by atoms with Crippen LogP contribution < -0.4 is 0 Å². The van der Waals surface area contributed by atoms with Crippen molar-refractivity contribution in [1.82, 2.24) is 14.8 Å². The maximum absolute atomic E-state index is 4.51. The van der Waals surface area contributed by atoms with Crippen molar-refractivity contribution in [3.63, 3.8) is 0 Å². The number of hydrogen-bond acceptors (Lipinski definition) is 2. The lowest BCUT2D eigenvalue weighted by molar-refractivity contribution is 0.660. The normalized spacial score (nSPS) is 18.4. The zero-order valence-electron chi connectivity index (χ0n) is 15.1. The second-order valence-electron chi connectivity index (χ2n) is 6.51. The number of rotatable bonds is 5. The van der Waals surface area contributed by atoms with Crippen LogP contribution in [0.1, 0.15) is 0 Å². The van der Waals surface area contributed by atoms with Gasteiger partial charge in [-0.3, -0.25) is 4.57 Å². The minimum absolute atomic E-state index is 0.105. The lowest BCUT2D eigenvalue weighted by Gasteiger charge is -2.25. The molecule has 0 saturated carbocycles. The number of aromatic nitrogens is 3. The lowest BCUT2D eigenvalue weighted by Crippen LogP contribution is -2.17. The second-order valence-corrected chi connectivity index (χ2v) is 6.51. The zero-order valence-corrected chi connectivity index (χ0v) is 15.1. The fourth-order valence-electron chi connectivity index (χ4n) is 3.44. The van der Waals surface area contributed by atoms with Crippen molar-refractivity contribution in [2.45, 2.75) is 0 Å². The molecule has 0 bridgehead atoms. The van der Waals surface area contributed by atoms with Gasteiger partial charge in [-0.1, -0.05) is 97.6 Å². The van der Waals surface area contributed by atoms with Gasteiger partial charge in [-0.15, -0.1) is 16.8 Å². The molecule has 2 unspecified atom stereocenters. The zero-order chi connectivity index (χ0) is 18.6. The van der Waals surface area contributed by atoms with Crippen molar-refractivity contribution in [1.29, 1.82) is 0 Å². The molecule has 1 aromatic heterocycles. The van der Waals surface area contributed by atoms with E-state index < -0.39 is 0 Å². The summed E-state index contributed by atoms with van der Waals surface area (Å²) in [6, 6.07) is 20.2. The maximum Gasteiger partial charge on any atom is 0.168 e. The van der Waals surface area contributed by atoms with Gasteiger partial charge in [-0.25, -0.2) is 0 Å². The Morgan fingerprint density at radius 3 is 1.85 bits per heavy atom. The van der Waals surface area contributed by atoms with Crippen molar-refractivity contribution in [2.24, 2.45) is 11.8 Å². The molecule has 0 saturated heterocycles. The molecule has 4 rings (SSSR count). The third-order valence-electron chi connectivity index (χ3n) is 4.85. The Balaban J connectivity index is 1.87. The van der Waals surface area contributed by atoms with Gasteiger partial charge < -0.3 is 0 Å². The molecule has 27 heavy (non-hydrogen) atoms. The highest BCUT2D eigenvalue weighted by Gasteiger charge is 2.25. The van der Waals surface area contributed by atoms with E-state index in [4.69, 9.17) is 0 Å². The van der Waals surface area contributed by atoms with E-state index in [1.165, 1.54) is 0 Å². The molecule has 0 amide bonds. The number of nitrogens with zero attached hydrogens (tertiary/aromatic N) is 3. The first-order valence-electron chi connectivity index (χ1n) is 9.02. The van der Waals surface area contributed by atoms with Crippen LogP contribution in [0.15, 0.2) is 104 Å². The molecular formula is C24H21N3. The predicted octanol–water partition coefficient (Wildman–Crippen LogP) is 5.63. The summed E-state index contributed by atoms with van der Waals surface area (Å²) in [5.41, 5.74) is 2.96. The number of benzene rings is 2. The predicted molar refractivity (Wildman–Crippen MR) is 112 cm³/mol. The molecule has 0 N–H and O–H groups in total. The third-order valence-corrected chi connectivity index (χ3v) is 4.85. The van der Waals surface area contributed by atoms with Crippen LogP contribution in [0.2, 0.25) is 0 Å². The Kier molecular flexibility index (Phi) is 4.67. The standard InChI is InChI=1S/C24H21N3/c1-3-19-12-10-11-17-22(19)18(2)27-23(20-13-6-4-7-14-20)25-26-24(27)21-15-8-5-9-16-21/h3-17,19,22H,1-2H2. The van der Waals surface area contributed by atoms with E-state index in [0.717, 1.165) is 28.5 Å². The van der Waals surface area contributed by atoms with Gasteiger partial charge in [-0.05, 0) is 0 Å². The summed E-state index contributed by atoms with van der Waals surface area (Å²) >= 11 is 0. The smallest absolute Gasteiger partial charge is 0.168 e. The van der Waals surface area contributed by atoms with E-state index >= 15 is 0 Å². The highest BCUT2D eigenvalue weighted by molar-refractivity contribution is 5.71. The van der Waals surface area contributed by atoms with Crippen LogP contribution >= 0.6 is 0 Å². The minimum Gasteiger partial charge on any atom is -0.279 e. The fourth-order valence-corrected chi connectivity index (χ4v) is 3.44. The molecule has 132 valence electrons. The third kappa shape index (κ3) is 3.20. The van der Waals surface area contributed by atoms with Gasteiger partial charge in [-0.2, -0.15) is 0 Å². The highest BCUT2D eigenvalue weighted by Crippen LogP contribution is 2.35. The van der Waals surface area contributed by atoms with E-state index in [9.17, 15) is 0 Å². The molecule has 2 aromatic carbocycles. The van der Waals surface area contributed by atoms with Crippen molar-refractivity contribution < 1.29 is 0 Å². The van der Waals surface area contributed by atoms with E-state index in [0.29, 0.717) is 0 Å². The number of hydrogen-bond donors (Lipinski definition) is 0. The Hall–Kier alpha value is -3.46. The monoisotopic (exact) mass is 351 g/mol. The minimum atomic E-state index is 0.105. The van der Waals surface area contributed by atoms with Gasteiger partial charge >= 0.3 is 0 Å². The summed E-state index contributed by atoms with van der Waals surface area (Å²) in [6.45, 7) is 8.43. The van der Waals surface area contributed by atoms with Gasteiger partial charge in [0, 0.05) is 28.7 Å². The van der Waals surface area contributed by atoms with Crippen LogP contribution in [-0.4, -0.2) is 14.8 Å². The van der Waals surface area contributed by atoms with Crippen LogP contribution in [-0.2, 0) is 0 Å². The summed E-state index contributed by atoms with van der Waals surface area (Å²) in [4.78, 5) is 0. The summed E-state index contributed by atoms with van der Waals surface area (Å²) in [7, 11) is 0. The van der Waals surface area contributed by atoms with Gasteiger partial charge in [0.2, 0.25) is 0 Å². The van der Waals surface area contributed by atoms with Crippen LogP contribution in [0, 0.1) is 11.8 Å². The van der Waals surface area contributed by atoms with E-state index in [1.54, 1.807) is 0 Å². The topological polar surface area (TPSA) is 30.7 Å². The van der Waals surface area contributed by atoms with Gasteiger partial charge in [0.05, 0.1) is 0 Å². The number of allylic oxidation sites excluding steroid dienone is 6. The van der Waals surface area contributed by atoms with E-state index in [-0.39, 0.29) is 11.8 Å². The summed E-state index contributed by atoms with van der Waals surface area (Å²) < 4.78 is 2.08. The fraction of sp³-hybridized carbons (Fsp3) is 0.0833. The Bertz CT molecular complexity index is 953. The van der Waals surface area contributed by atoms with Gasteiger partial charge in [0.15, 0.2) is 11.6 Å². The quantitative estimate of drug-likeness (QED) is 0.558. The molecule has 2 atom stereocenters. The van der Waals surface area contributed by atoms with Crippen molar-refractivity contribution >= 4 is 5.70 Å². The van der Waals surface area contributed by atoms with Gasteiger partial charge in [0.25, 0.3) is 0 Å². The first-order valence-corrected chi connectivity index (χ1v) is 9.02. The molecule has 3 heteroatoms. The summed E-state index contributed by atoms with van der Waals surface area (Å²) in [6.07, 6.45) is 10.4. The van der Waals surface area contributed by atoms with E-state index in [1.807, 2.05) is 66.7 Å². The summed E-state index contributed by atoms with van der Waals surface area (Å²) in [5.74, 6) is 1.89. The average molecular weight is 351 g/mol. The molecule has 1 heterocycles. The average Bonchev–Trinajstić information content (AvgIpc) is 3.19. The molecule has 3 nitrogen and oxygen atoms in total. The lowest BCUT2D eigenvalue weighted by atomic mass is 9.86. The Labute approximate surface area is 159 Å².